The fourth-order valence-corrected chi connectivity index (χ4v) is 3.48. The number of ether oxygens (including phenoxy) is 1. The molecule has 2 unspecified atom stereocenters. The largest absolute Gasteiger partial charge is 0.493 e. The molecule has 0 spiro atoms. The Labute approximate surface area is 147 Å². The second-order valence-corrected chi connectivity index (χ2v) is 7.36. The fraction of sp³-hybridized carbons (Fsp3) is 0.700. The van der Waals surface area contributed by atoms with Crippen LogP contribution < -0.4 is 4.74 Å². The van der Waals surface area contributed by atoms with E-state index in [1.807, 2.05) is 12.1 Å². The third kappa shape index (κ3) is 5.20. The molecule has 24 heavy (non-hydrogen) atoms. The van der Waals surface area contributed by atoms with Gasteiger partial charge in [-0.15, -0.1) is 0 Å². The number of rotatable bonds is 8. The summed E-state index contributed by atoms with van der Waals surface area (Å²) in [6.45, 7) is 14.0. The van der Waals surface area contributed by atoms with Gasteiger partial charge in [0.05, 0.1) is 19.3 Å². The lowest BCUT2D eigenvalue weighted by Crippen LogP contribution is -2.53. The number of benzene rings is 1. The molecule has 136 valence electrons. The molecule has 0 aromatic heterocycles. The summed E-state index contributed by atoms with van der Waals surface area (Å²) in [5.74, 6) is 1.43. The molecule has 0 bridgehead atoms. The van der Waals surface area contributed by atoms with Crippen LogP contribution in [0.2, 0.25) is 0 Å². The van der Waals surface area contributed by atoms with Gasteiger partial charge in [-0.3, -0.25) is 4.90 Å². The van der Waals surface area contributed by atoms with Gasteiger partial charge in [0.25, 0.3) is 0 Å². The highest BCUT2D eigenvalue weighted by Gasteiger charge is 2.29. The van der Waals surface area contributed by atoms with Crippen LogP contribution in [0.15, 0.2) is 24.3 Å². The second kappa shape index (κ2) is 9.40. The van der Waals surface area contributed by atoms with E-state index in [1.165, 1.54) is 18.5 Å². The van der Waals surface area contributed by atoms with E-state index in [0.29, 0.717) is 12.0 Å². The summed E-state index contributed by atoms with van der Waals surface area (Å²) in [5, 5.41) is 9.98. The summed E-state index contributed by atoms with van der Waals surface area (Å²) in [6.07, 6.45) is 1.20. The van der Waals surface area contributed by atoms with Crippen molar-refractivity contribution in [2.24, 2.45) is 5.92 Å². The molecule has 1 heterocycles. The zero-order chi connectivity index (χ0) is 17.5. The van der Waals surface area contributed by atoms with Crippen molar-refractivity contribution >= 4 is 0 Å². The van der Waals surface area contributed by atoms with E-state index in [-0.39, 0.29) is 12.6 Å². The van der Waals surface area contributed by atoms with Gasteiger partial charge in [-0.25, -0.2) is 0 Å². The second-order valence-electron chi connectivity index (χ2n) is 7.36. The monoisotopic (exact) mass is 334 g/mol. The van der Waals surface area contributed by atoms with Gasteiger partial charge in [-0.1, -0.05) is 32.9 Å². The molecular formula is C20H34N2O2. The number of aliphatic hydroxyl groups is 1. The molecule has 1 aromatic rings. The van der Waals surface area contributed by atoms with Crippen LogP contribution in [0, 0.1) is 5.92 Å². The smallest absolute Gasteiger partial charge is 0.119 e. The maximum atomic E-state index is 9.98. The van der Waals surface area contributed by atoms with Crippen LogP contribution >= 0.6 is 0 Å². The molecule has 4 nitrogen and oxygen atoms in total. The average Bonchev–Trinajstić information content (AvgIpc) is 2.57. The van der Waals surface area contributed by atoms with Crippen LogP contribution in [0.1, 0.15) is 45.7 Å². The Balaban J connectivity index is 2.00. The van der Waals surface area contributed by atoms with E-state index in [1.54, 1.807) is 0 Å². The first-order valence-electron chi connectivity index (χ1n) is 9.36. The Hall–Kier alpha value is -1.10. The molecule has 2 atom stereocenters. The molecule has 1 aromatic carbocycles. The van der Waals surface area contributed by atoms with Gasteiger partial charge in [-0.05, 0) is 43.5 Å². The van der Waals surface area contributed by atoms with Crippen LogP contribution in [0.3, 0.4) is 0 Å². The first-order valence-corrected chi connectivity index (χ1v) is 9.36. The van der Waals surface area contributed by atoms with Gasteiger partial charge in [0.2, 0.25) is 0 Å². The Bertz CT molecular complexity index is 475. The zero-order valence-corrected chi connectivity index (χ0v) is 15.7. The number of nitrogens with zero attached hydrogens (tertiary/aromatic N) is 2. The minimum Gasteiger partial charge on any atom is -0.493 e. The van der Waals surface area contributed by atoms with E-state index in [0.717, 1.165) is 32.0 Å². The topological polar surface area (TPSA) is 35.9 Å². The van der Waals surface area contributed by atoms with Gasteiger partial charge in [-0.2, -0.15) is 0 Å². The molecule has 1 N–H and O–H groups in total. The molecule has 0 saturated carbocycles. The highest BCUT2D eigenvalue weighted by Crippen LogP contribution is 2.27. The number of hydrogen-bond donors (Lipinski definition) is 1. The van der Waals surface area contributed by atoms with E-state index >= 15 is 0 Å². The molecule has 1 saturated heterocycles. The van der Waals surface area contributed by atoms with Crippen molar-refractivity contribution in [1.82, 2.24) is 9.80 Å². The van der Waals surface area contributed by atoms with Crippen LogP contribution in [0.25, 0.3) is 0 Å². The predicted octanol–water partition coefficient (Wildman–Crippen LogP) is 3.17. The van der Waals surface area contributed by atoms with E-state index < -0.39 is 0 Å². The maximum Gasteiger partial charge on any atom is 0.119 e. The third-order valence-corrected chi connectivity index (χ3v) is 4.72. The highest BCUT2D eigenvalue weighted by molar-refractivity contribution is 5.29. The summed E-state index contributed by atoms with van der Waals surface area (Å²) < 4.78 is 5.76. The molecule has 0 aliphatic carbocycles. The van der Waals surface area contributed by atoms with Crippen molar-refractivity contribution in [3.05, 3.63) is 29.8 Å². The van der Waals surface area contributed by atoms with Crippen LogP contribution in [-0.4, -0.2) is 60.3 Å². The lowest BCUT2D eigenvalue weighted by Gasteiger charge is -2.43. The van der Waals surface area contributed by atoms with Gasteiger partial charge in [0.1, 0.15) is 5.75 Å². The molecule has 1 aliphatic heterocycles. The predicted molar refractivity (Wildman–Crippen MR) is 99.5 cm³/mol. The number of piperazine rings is 1. The first kappa shape index (κ1) is 19.2. The molecule has 1 aliphatic rings. The van der Waals surface area contributed by atoms with Gasteiger partial charge >= 0.3 is 0 Å². The minimum absolute atomic E-state index is 0.0722. The third-order valence-electron chi connectivity index (χ3n) is 4.72. The highest BCUT2D eigenvalue weighted by atomic mass is 16.5. The van der Waals surface area contributed by atoms with E-state index in [4.69, 9.17) is 4.74 Å². The maximum absolute atomic E-state index is 9.98. The number of aliphatic hydroxyl groups excluding tert-OH is 1. The SMILES string of the molecule is CCCN1CCN(C(CO)c2ccc(OCC(C)C)cc2)C(C)C1. The van der Waals surface area contributed by atoms with Crippen molar-refractivity contribution in [3.8, 4) is 5.75 Å². The summed E-state index contributed by atoms with van der Waals surface area (Å²) in [7, 11) is 0. The van der Waals surface area contributed by atoms with Crippen molar-refractivity contribution in [3.63, 3.8) is 0 Å². The van der Waals surface area contributed by atoms with Crippen molar-refractivity contribution in [1.29, 1.82) is 0 Å². The zero-order valence-electron chi connectivity index (χ0n) is 15.7. The van der Waals surface area contributed by atoms with Crippen molar-refractivity contribution in [2.75, 3.05) is 39.4 Å². The molecule has 1 fully saturated rings. The standard InChI is InChI=1S/C20H34N2O2/c1-5-10-21-11-12-22(17(4)13-21)20(14-23)18-6-8-19(9-7-18)24-15-16(2)3/h6-9,16-17,20,23H,5,10-15H2,1-4H3. The van der Waals surface area contributed by atoms with Crippen LogP contribution in [-0.2, 0) is 0 Å². The molecule has 0 radical (unpaired) electrons. The van der Waals surface area contributed by atoms with Gasteiger partial charge in [0.15, 0.2) is 0 Å². The van der Waals surface area contributed by atoms with Crippen molar-refractivity contribution in [2.45, 2.75) is 46.2 Å². The minimum atomic E-state index is 0.0722. The molecular weight excluding hydrogens is 300 g/mol. The fourth-order valence-electron chi connectivity index (χ4n) is 3.48. The van der Waals surface area contributed by atoms with E-state index in [2.05, 4.69) is 49.6 Å². The summed E-state index contributed by atoms with van der Waals surface area (Å²) in [6, 6.07) is 8.78. The lowest BCUT2D eigenvalue weighted by atomic mass is 10.0. The van der Waals surface area contributed by atoms with Crippen molar-refractivity contribution < 1.29 is 9.84 Å². The normalized spacial score (nSPS) is 21.2. The van der Waals surface area contributed by atoms with Crippen LogP contribution in [0.4, 0.5) is 0 Å². The Kier molecular flexibility index (Phi) is 7.53. The average molecular weight is 335 g/mol. The molecule has 2 rings (SSSR count). The number of hydrogen-bond acceptors (Lipinski definition) is 4. The lowest BCUT2D eigenvalue weighted by molar-refractivity contribution is 0.0252. The summed E-state index contributed by atoms with van der Waals surface area (Å²) in [5.41, 5.74) is 1.17. The van der Waals surface area contributed by atoms with Gasteiger partial charge in [0, 0.05) is 25.7 Å². The van der Waals surface area contributed by atoms with Crippen LogP contribution in [0.5, 0.6) is 5.75 Å². The Morgan fingerprint density at radius 3 is 2.46 bits per heavy atom. The first-order chi connectivity index (χ1) is 11.5. The Morgan fingerprint density at radius 2 is 1.92 bits per heavy atom. The molecule has 0 amide bonds. The summed E-state index contributed by atoms with van der Waals surface area (Å²) >= 11 is 0. The molecule has 4 heteroatoms. The van der Waals surface area contributed by atoms with Gasteiger partial charge < -0.3 is 14.7 Å². The Morgan fingerprint density at radius 1 is 1.21 bits per heavy atom. The summed E-state index contributed by atoms with van der Waals surface area (Å²) in [4.78, 5) is 4.97. The quantitative estimate of drug-likeness (QED) is 0.792. The van der Waals surface area contributed by atoms with E-state index in [9.17, 15) is 5.11 Å².